The molecule has 96 valence electrons. The van der Waals surface area contributed by atoms with E-state index in [4.69, 9.17) is 4.74 Å². The number of aromatic nitrogens is 2. The van der Waals surface area contributed by atoms with Gasteiger partial charge in [0.2, 0.25) is 5.88 Å². The van der Waals surface area contributed by atoms with Gasteiger partial charge in [-0.15, -0.1) is 0 Å². The van der Waals surface area contributed by atoms with E-state index in [1.807, 2.05) is 0 Å². The Morgan fingerprint density at radius 3 is 2.59 bits per heavy atom. The third-order valence-electron chi connectivity index (χ3n) is 3.06. The highest BCUT2D eigenvalue weighted by Crippen LogP contribution is 2.31. The van der Waals surface area contributed by atoms with E-state index in [0.717, 1.165) is 25.7 Å². The molecule has 4 heteroatoms. The summed E-state index contributed by atoms with van der Waals surface area (Å²) in [5.41, 5.74) is 0.554. The van der Waals surface area contributed by atoms with Crippen molar-refractivity contribution in [1.29, 1.82) is 0 Å². The zero-order chi connectivity index (χ0) is 12.7. The summed E-state index contributed by atoms with van der Waals surface area (Å²) in [6.45, 7) is 4.24. The standard InChI is InChI=1S/C13H22N2O2/c1-4-6-7-10(5-2)12(16)11-13(17-3)15-9-8-14-11/h8-10,12,16H,4-7H2,1-3H3. The van der Waals surface area contributed by atoms with Crippen LogP contribution in [-0.2, 0) is 0 Å². The van der Waals surface area contributed by atoms with E-state index in [2.05, 4.69) is 23.8 Å². The molecular weight excluding hydrogens is 216 g/mol. The van der Waals surface area contributed by atoms with Crippen LogP contribution in [0, 0.1) is 5.92 Å². The molecule has 0 bridgehead atoms. The third-order valence-corrected chi connectivity index (χ3v) is 3.06. The van der Waals surface area contributed by atoms with Crippen LogP contribution in [0.4, 0.5) is 0 Å². The summed E-state index contributed by atoms with van der Waals surface area (Å²) in [5.74, 6) is 0.649. The van der Waals surface area contributed by atoms with Gasteiger partial charge < -0.3 is 9.84 Å². The molecule has 0 aliphatic heterocycles. The summed E-state index contributed by atoms with van der Waals surface area (Å²) in [6, 6.07) is 0. The molecule has 17 heavy (non-hydrogen) atoms. The topological polar surface area (TPSA) is 55.2 Å². The van der Waals surface area contributed by atoms with E-state index in [-0.39, 0.29) is 5.92 Å². The number of ether oxygens (including phenoxy) is 1. The number of hydrogen-bond acceptors (Lipinski definition) is 4. The van der Waals surface area contributed by atoms with E-state index < -0.39 is 6.10 Å². The SMILES string of the molecule is CCCCC(CC)C(O)c1nccnc1OC. The number of unbranched alkanes of at least 4 members (excludes halogenated alkanes) is 1. The van der Waals surface area contributed by atoms with Crippen LogP contribution >= 0.6 is 0 Å². The Morgan fingerprint density at radius 1 is 1.29 bits per heavy atom. The molecular formula is C13H22N2O2. The highest BCUT2D eigenvalue weighted by Gasteiger charge is 2.23. The minimum atomic E-state index is -0.588. The first-order valence-corrected chi connectivity index (χ1v) is 6.27. The number of hydrogen-bond donors (Lipinski definition) is 1. The van der Waals surface area contributed by atoms with Gasteiger partial charge in [0.15, 0.2) is 0 Å². The van der Waals surface area contributed by atoms with Crippen molar-refractivity contribution >= 4 is 0 Å². The summed E-state index contributed by atoms with van der Waals surface area (Å²) >= 11 is 0. The largest absolute Gasteiger partial charge is 0.480 e. The number of rotatable bonds is 7. The van der Waals surface area contributed by atoms with Crippen molar-refractivity contribution in [2.45, 2.75) is 45.6 Å². The molecule has 0 fully saturated rings. The lowest BCUT2D eigenvalue weighted by molar-refractivity contribution is 0.0912. The second kappa shape index (κ2) is 7.22. The van der Waals surface area contributed by atoms with Crippen molar-refractivity contribution in [2.24, 2.45) is 5.92 Å². The van der Waals surface area contributed by atoms with Gasteiger partial charge in [-0.3, -0.25) is 4.98 Å². The molecule has 0 spiro atoms. The van der Waals surface area contributed by atoms with Gasteiger partial charge in [-0.2, -0.15) is 0 Å². The molecule has 0 aromatic carbocycles. The number of aliphatic hydroxyl groups excluding tert-OH is 1. The molecule has 1 heterocycles. The highest BCUT2D eigenvalue weighted by molar-refractivity contribution is 5.20. The smallest absolute Gasteiger partial charge is 0.238 e. The lowest BCUT2D eigenvalue weighted by Crippen LogP contribution is -2.15. The van der Waals surface area contributed by atoms with E-state index in [9.17, 15) is 5.11 Å². The van der Waals surface area contributed by atoms with Crippen LogP contribution in [0.25, 0.3) is 0 Å². The Hall–Kier alpha value is -1.16. The van der Waals surface area contributed by atoms with E-state index in [1.54, 1.807) is 19.5 Å². The molecule has 0 saturated heterocycles. The lowest BCUT2D eigenvalue weighted by atomic mass is 9.91. The predicted octanol–water partition coefficient (Wildman–Crippen LogP) is 2.74. The fraction of sp³-hybridized carbons (Fsp3) is 0.692. The fourth-order valence-electron chi connectivity index (χ4n) is 1.97. The predicted molar refractivity (Wildman–Crippen MR) is 66.8 cm³/mol. The van der Waals surface area contributed by atoms with E-state index >= 15 is 0 Å². The maximum atomic E-state index is 10.3. The van der Waals surface area contributed by atoms with Crippen LogP contribution in [-0.4, -0.2) is 22.2 Å². The zero-order valence-electron chi connectivity index (χ0n) is 10.9. The maximum absolute atomic E-state index is 10.3. The van der Waals surface area contributed by atoms with Crippen molar-refractivity contribution < 1.29 is 9.84 Å². The summed E-state index contributed by atoms with van der Waals surface area (Å²) in [4.78, 5) is 8.26. The summed E-state index contributed by atoms with van der Waals surface area (Å²) in [5, 5.41) is 10.3. The minimum absolute atomic E-state index is 0.223. The van der Waals surface area contributed by atoms with Crippen LogP contribution in [0.3, 0.4) is 0 Å². The zero-order valence-corrected chi connectivity index (χ0v) is 10.9. The quantitative estimate of drug-likeness (QED) is 0.793. The first kappa shape index (κ1) is 13.9. The van der Waals surface area contributed by atoms with Crippen LogP contribution in [0.5, 0.6) is 5.88 Å². The third kappa shape index (κ3) is 3.66. The van der Waals surface area contributed by atoms with E-state index in [1.165, 1.54) is 0 Å². The molecule has 0 saturated carbocycles. The Bertz CT molecular complexity index is 331. The van der Waals surface area contributed by atoms with Crippen molar-refractivity contribution in [2.75, 3.05) is 7.11 Å². The first-order chi connectivity index (χ1) is 8.24. The van der Waals surface area contributed by atoms with Gasteiger partial charge >= 0.3 is 0 Å². The normalized spacial score (nSPS) is 14.4. The average Bonchev–Trinajstić information content (AvgIpc) is 2.39. The van der Waals surface area contributed by atoms with Gasteiger partial charge in [-0.05, 0) is 12.3 Å². The minimum Gasteiger partial charge on any atom is -0.480 e. The molecule has 0 amide bonds. The molecule has 1 rings (SSSR count). The van der Waals surface area contributed by atoms with Crippen LogP contribution in [0.1, 0.15) is 51.3 Å². The van der Waals surface area contributed by atoms with Crippen molar-refractivity contribution in [3.63, 3.8) is 0 Å². The Morgan fingerprint density at radius 2 is 2.00 bits per heavy atom. The molecule has 1 aromatic rings. The highest BCUT2D eigenvalue weighted by atomic mass is 16.5. The molecule has 4 nitrogen and oxygen atoms in total. The van der Waals surface area contributed by atoms with Gasteiger partial charge in [0.05, 0.1) is 7.11 Å². The Balaban J connectivity index is 2.81. The second-order valence-corrected chi connectivity index (χ2v) is 4.21. The van der Waals surface area contributed by atoms with Gasteiger partial charge in [-0.1, -0.05) is 33.1 Å². The maximum Gasteiger partial charge on any atom is 0.238 e. The summed E-state index contributed by atoms with van der Waals surface area (Å²) in [6.07, 6.45) is 6.78. The molecule has 2 unspecified atom stereocenters. The molecule has 1 N–H and O–H groups in total. The molecule has 1 aromatic heterocycles. The number of nitrogens with zero attached hydrogens (tertiary/aromatic N) is 2. The monoisotopic (exact) mass is 238 g/mol. The van der Waals surface area contributed by atoms with Crippen LogP contribution in [0.15, 0.2) is 12.4 Å². The van der Waals surface area contributed by atoms with Crippen LogP contribution in [0.2, 0.25) is 0 Å². The molecule has 0 radical (unpaired) electrons. The lowest BCUT2D eigenvalue weighted by Gasteiger charge is -2.21. The van der Waals surface area contributed by atoms with Crippen LogP contribution < -0.4 is 4.74 Å². The summed E-state index contributed by atoms with van der Waals surface area (Å²) < 4.78 is 5.13. The van der Waals surface area contributed by atoms with Crippen molar-refractivity contribution in [3.8, 4) is 5.88 Å². The Labute approximate surface area is 103 Å². The second-order valence-electron chi connectivity index (χ2n) is 4.21. The summed E-state index contributed by atoms with van der Waals surface area (Å²) in [7, 11) is 1.55. The van der Waals surface area contributed by atoms with Gasteiger partial charge in [0, 0.05) is 12.4 Å². The average molecular weight is 238 g/mol. The van der Waals surface area contributed by atoms with Crippen molar-refractivity contribution in [3.05, 3.63) is 18.1 Å². The van der Waals surface area contributed by atoms with Gasteiger partial charge in [-0.25, -0.2) is 4.98 Å². The molecule has 0 aliphatic rings. The fourth-order valence-corrected chi connectivity index (χ4v) is 1.97. The molecule has 2 atom stereocenters. The van der Waals surface area contributed by atoms with Crippen molar-refractivity contribution in [1.82, 2.24) is 9.97 Å². The van der Waals surface area contributed by atoms with Gasteiger partial charge in [0.1, 0.15) is 11.8 Å². The number of methoxy groups -OCH3 is 1. The van der Waals surface area contributed by atoms with E-state index in [0.29, 0.717) is 11.6 Å². The molecule has 0 aliphatic carbocycles. The number of aliphatic hydroxyl groups is 1. The van der Waals surface area contributed by atoms with Gasteiger partial charge in [0.25, 0.3) is 0 Å². The Kier molecular flexibility index (Phi) is 5.91. The first-order valence-electron chi connectivity index (χ1n) is 6.27.